The minimum atomic E-state index is -3.72. The van der Waals surface area contributed by atoms with E-state index in [1.165, 1.54) is 0 Å². The van der Waals surface area contributed by atoms with E-state index in [1.807, 2.05) is 37.8 Å². The number of hydrogen-bond acceptors (Lipinski definition) is 3. The molecular formula is C20H22N2O3S. The Morgan fingerprint density at radius 3 is 2.73 bits per heavy atom. The standard InChI is InChI=1S/C20H22N2O3S/c1-12-6-4-8-18(13(12)2)21-26(24,25)16-10-15-7-5-9-22-19(15)17(11-16)14(3)20(22)23/h4,6,8,10-11,14,21H,5,7,9H2,1-3H3/t14-/m0/s1. The number of sulfonamides is 1. The summed E-state index contributed by atoms with van der Waals surface area (Å²) in [4.78, 5) is 14.5. The van der Waals surface area contributed by atoms with Crippen LogP contribution in [0.4, 0.5) is 11.4 Å². The Balaban J connectivity index is 1.79. The first-order valence-corrected chi connectivity index (χ1v) is 10.3. The van der Waals surface area contributed by atoms with Crippen LogP contribution in [0.25, 0.3) is 0 Å². The summed E-state index contributed by atoms with van der Waals surface area (Å²) in [7, 11) is -3.72. The highest BCUT2D eigenvalue weighted by Gasteiger charge is 2.38. The minimum absolute atomic E-state index is 0.0676. The van der Waals surface area contributed by atoms with Gasteiger partial charge in [0.05, 0.1) is 22.2 Å². The number of hydrogen-bond donors (Lipinski definition) is 1. The Labute approximate surface area is 154 Å². The van der Waals surface area contributed by atoms with E-state index in [-0.39, 0.29) is 16.7 Å². The summed E-state index contributed by atoms with van der Waals surface area (Å²) in [5.74, 6) is -0.226. The summed E-state index contributed by atoms with van der Waals surface area (Å²) >= 11 is 0. The molecule has 26 heavy (non-hydrogen) atoms. The lowest BCUT2D eigenvalue weighted by Gasteiger charge is -2.26. The van der Waals surface area contributed by atoms with E-state index < -0.39 is 10.0 Å². The molecule has 0 unspecified atom stereocenters. The zero-order valence-corrected chi connectivity index (χ0v) is 16.0. The van der Waals surface area contributed by atoms with E-state index in [1.54, 1.807) is 18.2 Å². The lowest BCUT2D eigenvalue weighted by molar-refractivity contribution is -0.119. The summed E-state index contributed by atoms with van der Waals surface area (Å²) in [5, 5.41) is 0. The quantitative estimate of drug-likeness (QED) is 0.899. The molecule has 0 saturated carbocycles. The molecule has 0 aliphatic carbocycles. The van der Waals surface area contributed by atoms with E-state index >= 15 is 0 Å². The van der Waals surface area contributed by atoms with Gasteiger partial charge in [-0.25, -0.2) is 8.42 Å². The van der Waals surface area contributed by atoms with Gasteiger partial charge in [0.15, 0.2) is 0 Å². The van der Waals surface area contributed by atoms with Crippen molar-refractivity contribution in [3.63, 3.8) is 0 Å². The second kappa shape index (κ2) is 5.84. The molecule has 0 saturated heterocycles. The molecule has 2 heterocycles. The maximum Gasteiger partial charge on any atom is 0.261 e. The first kappa shape index (κ1) is 17.1. The summed E-state index contributed by atoms with van der Waals surface area (Å²) in [6.45, 7) is 6.42. The summed E-state index contributed by atoms with van der Waals surface area (Å²) < 4.78 is 28.7. The molecule has 0 aromatic heterocycles. The first-order chi connectivity index (χ1) is 12.3. The average Bonchev–Trinajstić information content (AvgIpc) is 2.86. The highest BCUT2D eigenvalue weighted by atomic mass is 32.2. The van der Waals surface area contributed by atoms with Gasteiger partial charge in [-0.15, -0.1) is 0 Å². The largest absolute Gasteiger partial charge is 0.311 e. The molecule has 0 fully saturated rings. The van der Waals surface area contributed by atoms with Crippen molar-refractivity contribution in [1.29, 1.82) is 0 Å². The normalized spacial score (nSPS) is 18.8. The predicted octanol–water partition coefficient (Wildman–Crippen LogP) is 3.50. The van der Waals surface area contributed by atoms with Gasteiger partial charge in [-0.2, -0.15) is 0 Å². The van der Waals surface area contributed by atoms with Crippen LogP contribution in [0.5, 0.6) is 0 Å². The third-order valence-electron chi connectivity index (χ3n) is 5.55. The second-order valence-corrected chi connectivity index (χ2v) is 8.87. The zero-order valence-electron chi connectivity index (χ0n) is 15.2. The molecule has 2 aromatic rings. The van der Waals surface area contributed by atoms with E-state index in [4.69, 9.17) is 0 Å². The zero-order chi connectivity index (χ0) is 18.6. The summed E-state index contributed by atoms with van der Waals surface area (Å²) in [6, 6.07) is 8.95. The summed E-state index contributed by atoms with van der Waals surface area (Å²) in [5.41, 5.74) is 5.24. The highest BCUT2D eigenvalue weighted by molar-refractivity contribution is 7.92. The second-order valence-electron chi connectivity index (χ2n) is 7.19. The van der Waals surface area contributed by atoms with Gasteiger partial charge in [0.25, 0.3) is 10.0 Å². The van der Waals surface area contributed by atoms with Gasteiger partial charge in [0, 0.05) is 6.54 Å². The topological polar surface area (TPSA) is 66.5 Å². The lowest BCUT2D eigenvalue weighted by atomic mass is 9.97. The molecule has 2 aliphatic heterocycles. The SMILES string of the molecule is Cc1cccc(NS(=O)(=O)c2cc3c4c(c2)[C@H](C)C(=O)N4CCC3)c1C. The molecule has 136 valence electrons. The summed E-state index contributed by atoms with van der Waals surface area (Å²) in [6.07, 6.45) is 1.66. The number of aryl methyl sites for hydroxylation is 2. The Hall–Kier alpha value is -2.34. The number of amides is 1. The highest BCUT2D eigenvalue weighted by Crippen LogP contribution is 2.44. The molecule has 2 aliphatic rings. The molecule has 0 bridgehead atoms. The van der Waals surface area contributed by atoms with E-state index in [0.29, 0.717) is 5.69 Å². The van der Waals surface area contributed by atoms with Gasteiger partial charge in [0.1, 0.15) is 0 Å². The fraction of sp³-hybridized carbons (Fsp3) is 0.350. The third kappa shape index (κ3) is 2.51. The molecule has 0 radical (unpaired) electrons. The number of carbonyl (C=O) groups is 1. The Morgan fingerprint density at radius 1 is 1.19 bits per heavy atom. The number of rotatable bonds is 3. The van der Waals surface area contributed by atoms with Crippen molar-refractivity contribution in [1.82, 2.24) is 0 Å². The lowest BCUT2D eigenvalue weighted by Crippen LogP contribution is -2.32. The molecule has 1 N–H and O–H groups in total. The molecular weight excluding hydrogens is 348 g/mol. The van der Waals surface area contributed by atoms with Crippen LogP contribution < -0.4 is 9.62 Å². The van der Waals surface area contributed by atoms with Crippen LogP contribution in [-0.2, 0) is 21.2 Å². The van der Waals surface area contributed by atoms with E-state index in [9.17, 15) is 13.2 Å². The number of nitrogens with one attached hydrogen (secondary N) is 1. The van der Waals surface area contributed by atoms with Gasteiger partial charge in [0.2, 0.25) is 5.91 Å². The van der Waals surface area contributed by atoms with Crippen LogP contribution in [0.1, 0.15) is 41.5 Å². The van der Waals surface area contributed by atoms with Crippen LogP contribution in [0.2, 0.25) is 0 Å². The smallest absolute Gasteiger partial charge is 0.261 e. The molecule has 1 atom stereocenters. The molecule has 1 amide bonds. The Morgan fingerprint density at radius 2 is 1.96 bits per heavy atom. The molecule has 2 aromatic carbocycles. The van der Waals surface area contributed by atoms with Crippen molar-refractivity contribution in [3.8, 4) is 0 Å². The van der Waals surface area contributed by atoms with Crippen molar-refractivity contribution < 1.29 is 13.2 Å². The Kier molecular flexibility index (Phi) is 3.84. The van der Waals surface area contributed by atoms with Crippen LogP contribution in [0.3, 0.4) is 0 Å². The van der Waals surface area contributed by atoms with Crippen LogP contribution >= 0.6 is 0 Å². The van der Waals surface area contributed by atoms with E-state index in [0.717, 1.165) is 47.3 Å². The van der Waals surface area contributed by atoms with Crippen molar-refractivity contribution >= 4 is 27.3 Å². The van der Waals surface area contributed by atoms with Gasteiger partial charge in [-0.05, 0) is 74.1 Å². The third-order valence-corrected chi connectivity index (χ3v) is 6.90. The minimum Gasteiger partial charge on any atom is -0.311 e. The Bertz CT molecular complexity index is 1030. The fourth-order valence-corrected chi connectivity index (χ4v) is 5.09. The average molecular weight is 370 g/mol. The monoisotopic (exact) mass is 370 g/mol. The fourth-order valence-electron chi connectivity index (χ4n) is 3.89. The van der Waals surface area contributed by atoms with Crippen LogP contribution in [0.15, 0.2) is 35.2 Å². The molecule has 5 nitrogen and oxygen atoms in total. The van der Waals surface area contributed by atoms with Gasteiger partial charge in [-0.3, -0.25) is 9.52 Å². The van der Waals surface area contributed by atoms with Crippen molar-refractivity contribution in [3.05, 3.63) is 52.6 Å². The maximum atomic E-state index is 13.0. The molecule has 4 rings (SSSR count). The molecule has 6 heteroatoms. The molecule has 0 spiro atoms. The number of anilines is 2. The predicted molar refractivity (Wildman–Crippen MR) is 102 cm³/mol. The first-order valence-electron chi connectivity index (χ1n) is 8.87. The van der Waals surface area contributed by atoms with Gasteiger partial charge in [-0.1, -0.05) is 12.1 Å². The van der Waals surface area contributed by atoms with Crippen molar-refractivity contribution in [2.45, 2.75) is 44.4 Å². The number of carbonyl (C=O) groups excluding carboxylic acids is 1. The number of benzene rings is 2. The van der Waals surface area contributed by atoms with Crippen molar-refractivity contribution in [2.24, 2.45) is 0 Å². The van der Waals surface area contributed by atoms with E-state index in [2.05, 4.69) is 4.72 Å². The van der Waals surface area contributed by atoms with Gasteiger partial charge >= 0.3 is 0 Å². The van der Waals surface area contributed by atoms with Gasteiger partial charge < -0.3 is 4.90 Å². The van der Waals surface area contributed by atoms with Crippen molar-refractivity contribution in [2.75, 3.05) is 16.2 Å². The van der Waals surface area contributed by atoms with Crippen LogP contribution in [0, 0.1) is 13.8 Å². The van der Waals surface area contributed by atoms with Crippen LogP contribution in [-0.4, -0.2) is 20.9 Å². The maximum absolute atomic E-state index is 13.0. The number of nitrogens with zero attached hydrogens (tertiary/aromatic N) is 1.